The van der Waals surface area contributed by atoms with Crippen molar-refractivity contribution in [3.63, 3.8) is 0 Å². The van der Waals surface area contributed by atoms with Crippen molar-refractivity contribution in [2.24, 2.45) is 10.8 Å². The van der Waals surface area contributed by atoms with Gasteiger partial charge >= 0.3 is 0 Å². The smallest absolute Gasteiger partial charge is 0.267 e. The standard InChI is InChI=1S/C11H18N4O2/c12-7-3-1-2-4-8(7)13-11(17)9-5-6-10(16)15-14-9/h7-8H,1-6,12H2,(H,13,17)(H,15,16)/t7-,8-/m1/s1. The molecule has 1 aliphatic carbocycles. The maximum absolute atomic E-state index is 11.9. The van der Waals surface area contributed by atoms with E-state index >= 15 is 0 Å². The molecule has 0 saturated heterocycles. The van der Waals surface area contributed by atoms with Crippen molar-refractivity contribution >= 4 is 17.5 Å². The summed E-state index contributed by atoms with van der Waals surface area (Å²) >= 11 is 0. The predicted octanol–water partition coefficient (Wildman–Crippen LogP) is -0.361. The molecule has 1 fully saturated rings. The number of hydrogen-bond acceptors (Lipinski definition) is 4. The van der Waals surface area contributed by atoms with E-state index in [1.807, 2.05) is 0 Å². The Hall–Kier alpha value is -1.43. The summed E-state index contributed by atoms with van der Waals surface area (Å²) in [5.74, 6) is -0.344. The van der Waals surface area contributed by atoms with E-state index < -0.39 is 0 Å². The van der Waals surface area contributed by atoms with Crippen LogP contribution in [0, 0.1) is 0 Å². The number of carbonyl (C=O) groups excluding carboxylic acids is 2. The van der Waals surface area contributed by atoms with Crippen molar-refractivity contribution in [2.75, 3.05) is 0 Å². The van der Waals surface area contributed by atoms with Gasteiger partial charge < -0.3 is 11.1 Å². The van der Waals surface area contributed by atoms with E-state index in [0.717, 1.165) is 25.7 Å². The predicted molar refractivity (Wildman–Crippen MR) is 63.2 cm³/mol. The Kier molecular flexibility index (Phi) is 3.73. The topological polar surface area (TPSA) is 96.6 Å². The highest BCUT2D eigenvalue weighted by molar-refractivity contribution is 6.39. The van der Waals surface area contributed by atoms with Crippen molar-refractivity contribution in [2.45, 2.75) is 50.6 Å². The molecule has 1 saturated carbocycles. The van der Waals surface area contributed by atoms with Crippen LogP contribution in [-0.2, 0) is 9.59 Å². The Morgan fingerprint density at radius 3 is 2.76 bits per heavy atom. The number of nitrogens with one attached hydrogen (secondary N) is 2. The molecule has 0 bridgehead atoms. The highest BCUT2D eigenvalue weighted by Gasteiger charge is 2.26. The van der Waals surface area contributed by atoms with Gasteiger partial charge in [0.2, 0.25) is 5.91 Å². The summed E-state index contributed by atoms with van der Waals surface area (Å²) in [6.07, 6.45) is 4.83. The van der Waals surface area contributed by atoms with Crippen molar-refractivity contribution in [1.29, 1.82) is 0 Å². The molecule has 2 amide bonds. The van der Waals surface area contributed by atoms with E-state index in [0.29, 0.717) is 18.6 Å². The Morgan fingerprint density at radius 1 is 1.35 bits per heavy atom. The van der Waals surface area contributed by atoms with E-state index in [1.165, 1.54) is 0 Å². The van der Waals surface area contributed by atoms with Gasteiger partial charge in [0, 0.05) is 24.9 Å². The molecule has 0 radical (unpaired) electrons. The normalized spacial score (nSPS) is 29.2. The van der Waals surface area contributed by atoms with Gasteiger partial charge in [-0.15, -0.1) is 0 Å². The van der Waals surface area contributed by atoms with Gasteiger partial charge in [0.05, 0.1) is 0 Å². The molecule has 2 aliphatic rings. The Balaban J connectivity index is 1.90. The van der Waals surface area contributed by atoms with Crippen LogP contribution in [0.25, 0.3) is 0 Å². The first-order chi connectivity index (χ1) is 8.16. The molecular formula is C11H18N4O2. The molecule has 4 N–H and O–H groups in total. The van der Waals surface area contributed by atoms with Gasteiger partial charge in [-0.3, -0.25) is 9.59 Å². The molecule has 0 spiro atoms. The molecule has 0 aromatic carbocycles. The number of carbonyl (C=O) groups is 2. The minimum absolute atomic E-state index is 0.0338. The number of rotatable bonds is 2. The van der Waals surface area contributed by atoms with E-state index in [4.69, 9.17) is 5.73 Å². The number of nitrogens with two attached hydrogens (primary N) is 1. The van der Waals surface area contributed by atoms with Gasteiger partial charge in [0.25, 0.3) is 5.91 Å². The van der Waals surface area contributed by atoms with E-state index in [9.17, 15) is 9.59 Å². The van der Waals surface area contributed by atoms with Crippen molar-refractivity contribution in [1.82, 2.24) is 10.7 Å². The summed E-state index contributed by atoms with van der Waals surface area (Å²) in [7, 11) is 0. The fraction of sp³-hybridized carbons (Fsp3) is 0.727. The van der Waals surface area contributed by atoms with Crippen molar-refractivity contribution in [3.8, 4) is 0 Å². The zero-order valence-electron chi connectivity index (χ0n) is 9.74. The van der Waals surface area contributed by atoms with Gasteiger partial charge in [0.15, 0.2) is 0 Å². The second kappa shape index (κ2) is 5.27. The largest absolute Gasteiger partial charge is 0.347 e. The van der Waals surface area contributed by atoms with Crippen LogP contribution >= 0.6 is 0 Å². The molecule has 17 heavy (non-hydrogen) atoms. The monoisotopic (exact) mass is 238 g/mol. The molecule has 94 valence electrons. The summed E-state index contributed by atoms with van der Waals surface area (Å²) < 4.78 is 0. The third-order valence-electron chi connectivity index (χ3n) is 3.30. The van der Waals surface area contributed by atoms with Gasteiger partial charge in [-0.25, -0.2) is 5.43 Å². The zero-order chi connectivity index (χ0) is 12.3. The van der Waals surface area contributed by atoms with E-state index in [-0.39, 0.29) is 23.9 Å². The number of hydrazone groups is 1. The first-order valence-electron chi connectivity index (χ1n) is 6.08. The van der Waals surface area contributed by atoms with Crippen molar-refractivity contribution in [3.05, 3.63) is 0 Å². The first-order valence-corrected chi connectivity index (χ1v) is 6.08. The van der Waals surface area contributed by atoms with Crippen LogP contribution in [0.2, 0.25) is 0 Å². The lowest BCUT2D eigenvalue weighted by Gasteiger charge is -2.29. The fourth-order valence-electron chi connectivity index (χ4n) is 2.23. The molecule has 0 unspecified atom stereocenters. The summed E-state index contributed by atoms with van der Waals surface area (Å²) in [4.78, 5) is 22.8. The quantitative estimate of drug-likeness (QED) is 0.612. The maximum atomic E-state index is 11.9. The number of amides is 2. The lowest BCUT2D eigenvalue weighted by Crippen LogP contribution is -2.51. The van der Waals surface area contributed by atoms with Gasteiger partial charge in [-0.1, -0.05) is 12.8 Å². The van der Waals surface area contributed by atoms with Gasteiger partial charge in [-0.05, 0) is 12.8 Å². The molecular weight excluding hydrogens is 220 g/mol. The maximum Gasteiger partial charge on any atom is 0.267 e. The van der Waals surface area contributed by atoms with Crippen LogP contribution in [0.15, 0.2) is 5.10 Å². The second-order valence-corrected chi connectivity index (χ2v) is 4.62. The Labute approximate surface area is 100 Å². The average Bonchev–Trinajstić information content (AvgIpc) is 2.33. The summed E-state index contributed by atoms with van der Waals surface area (Å²) in [5, 5.41) is 6.67. The highest BCUT2D eigenvalue weighted by atomic mass is 16.2. The third kappa shape index (κ3) is 3.03. The minimum atomic E-state index is -0.202. The number of hydrogen-bond donors (Lipinski definition) is 3. The highest BCUT2D eigenvalue weighted by Crippen LogP contribution is 2.17. The van der Waals surface area contributed by atoms with Crippen LogP contribution in [0.5, 0.6) is 0 Å². The molecule has 2 rings (SSSR count). The lowest BCUT2D eigenvalue weighted by molar-refractivity contribution is -0.121. The lowest BCUT2D eigenvalue weighted by atomic mass is 9.91. The Bertz CT molecular complexity index is 353. The van der Waals surface area contributed by atoms with Crippen LogP contribution in [0.4, 0.5) is 0 Å². The van der Waals surface area contributed by atoms with E-state index in [2.05, 4.69) is 15.8 Å². The number of nitrogens with zero attached hydrogens (tertiary/aromatic N) is 1. The summed E-state index contributed by atoms with van der Waals surface area (Å²) in [6.45, 7) is 0. The molecule has 0 aromatic heterocycles. The Morgan fingerprint density at radius 2 is 2.12 bits per heavy atom. The van der Waals surface area contributed by atoms with Crippen LogP contribution < -0.4 is 16.5 Å². The average molecular weight is 238 g/mol. The molecule has 6 heteroatoms. The third-order valence-corrected chi connectivity index (χ3v) is 3.30. The van der Waals surface area contributed by atoms with Crippen LogP contribution in [-0.4, -0.2) is 29.6 Å². The second-order valence-electron chi connectivity index (χ2n) is 4.62. The first kappa shape index (κ1) is 12.0. The molecule has 6 nitrogen and oxygen atoms in total. The van der Waals surface area contributed by atoms with Crippen molar-refractivity contribution < 1.29 is 9.59 Å². The minimum Gasteiger partial charge on any atom is -0.347 e. The van der Waals surface area contributed by atoms with Gasteiger partial charge in [-0.2, -0.15) is 5.10 Å². The summed E-state index contributed by atoms with van der Waals surface area (Å²) in [6, 6.07) is 0.0723. The molecule has 1 aliphatic heterocycles. The van der Waals surface area contributed by atoms with E-state index in [1.54, 1.807) is 0 Å². The molecule has 1 heterocycles. The summed E-state index contributed by atoms with van der Waals surface area (Å²) in [5.41, 5.74) is 8.66. The zero-order valence-corrected chi connectivity index (χ0v) is 9.74. The van der Waals surface area contributed by atoms with Crippen LogP contribution in [0.1, 0.15) is 38.5 Å². The fourth-order valence-corrected chi connectivity index (χ4v) is 2.23. The molecule has 2 atom stereocenters. The van der Waals surface area contributed by atoms with Crippen LogP contribution in [0.3, 0.4) is 0 Å². The SMILES string of the molecule is N[C@@H]1CCCC[C@H]1NC(=O)C1=NNC(=O)CC1. The van der Waals surface area contributed by atoms with Gasteiger partial charge in [0.1, 0.15) is 5.71 Å². The molecule has 0 aromatic rings.